The zero-order valence-electron chi connectivity index (χ0n) is 14.1. The van der Waals surface area contributed by atoms with Crippen LogP contribution in [0.5, 0.6) is 11.5 Å². The molecule has 0 aliphatic carbocycles. The molecule has 7 nitrogen and oxygen atoms in total. The molecule has 4 heterocycles. The van der Waals surface area contributed by atoms with Gasteiger partial charge in [0.05, 0.1) is 9.72 Å². The molecule has 0 saturated carbocycles. The Morgan fingerprint density at radius 2 is 2.11 bits per heavy atom. The smallest absolute Gasteiger partial charge is 0.238 e. The molecule has 136 valence electrons. The Labute approximate surface area is 163 Å². The van der Waals surface area contributed by atoms with Crippen LogP contribution in [0.15, 0.2) is 43.0 Å². The number of hydrogen-bond acceptors (Lipinski definition) is 7. The Kier molecular flexibility index (Phi) is 4.06. The summed E-state index contributed by atoms with van der Waals surface area (Å²) in [6, 6.07) is 7.89. The van der Waals surface area contributed by atoms with E-state index < -0.39 is 0 Å². The largest absolute Gasteiger partial charge is 0.454 e. The third-order valence-corrected chi connectivity index (χ3v) is 5.39. The van der Waals surface area contributed by atoms with Crippen molar-refractivity contribution < 1.29 is 9.47 Å². The third kappa shape index (κ3) is 3.17. The van der Waals surface area contributed by atoms with E-state index in [2.05, 4.69) is 20.3 Å². The molecule has 1 aromatic carbocycles. The van der Waals surface area contributed by atoms with Crippen LogP contribution >= 0.6 is 22.9 Å². The molecule has 0 saturated heterocycles. The van der Waals surface area contributed by atoms with Crippen LogP contribution in [-0.4, -0.2) is 32.9 Å². The van der Waals surface area contributed by atoms with Gasteiger partial charge < -0.3 is 14.8 Å². The van der Waals surface area contributed by atoms with Crippen molar-refractivity contribution in [3.05, 3.63) is 52.9 Å². The van der Waals surface area contributed by atoms with Gasteiger partial charge in [-0.3, -0.25) is 4.57 Å². The van der Waals surface area contributed by atoms with E-state index in [4.69, 9.17) is 21.1 Å². The fraction of sp³-hybridized carbons (Fsp3) is 0.167. The number of imidazole rings is 1. The number of halogens is 1. The number of nitrogens with zero attached hydrogens (tertiary/aromatic N) is 4. The lowest BCUT2D eigenvalue weighted by Crippen LogP contribution is -2.09. The molecule has 0 fully saturated rings. The summed E-state index contributed by atoms with van der Waals surface area (Å²) in [6.45, 7) is 0.995. The normalized spacial score (nSPS) is 12.6. The number of anilines is 1. The lowest BCUT2D eigenvalue weighted by molar-refractivity contribution is 0.174. The number of nitrogens with one attached hydrogen (secondary N) is 1. The molecule has 1 aliphatic heterocycles. The molecule has 5 rings (SSSR count). The predicted molar refractivity (Wildman–Crippen MR) is 104 cm³/mol. The van der Waals surface area contributed by atoms with Crippen molar-refractivity contribution in [2.75, 3.05) is 18.7 Å². The second-order valence-electron chi connectivity index (χ2n) is 5.98. The number of ether oxygens (including phenoxy) is 2. The van der Waals surface area contributed by atoms with E-state index >= 15 is 0 Å². The summed E-state index contributed by atoms with van der Waals surface area (Å²) in [5.41, 5.74) is 1.16. The number of benzene rings is 1. The first-order valence-electron chi connectivity index (χ1n) is 8.34. The summed E-state index contributed by atoms with van der Waals surface area (Å²) in [5.74, 6) is 2.91. The monoisotopic (exact) mass is 399 g/mol. The van der Waals surface area contributed by atoms with Gasteiger partial charge in [-0.1, -0.05) is 17.7 Å². The highest BCUT2D eigenvalue weighted by Gasteiger charge is 2.14. The fourth-order valence-electron chi connectivity index (χ4n) is 2.93. The number of thiophene rings is 1. The average molecular weight is 400 g/mol. The summed E-state index contributed by atoms with van der Waals surface area (Å²) in [4.78, 5) is 14.1. The molecule has 4 aromatic rings. The minimum Gasteiger partial charge on any atom is -0.454 e. The quantitative estimate of drug-likeness (QED) is 0.548. The van der Waals surface area contributed by atoms with Crippen molar-refractivity contribution >= 4 is 39.0 Å². The molecule has 9 heteroatoms. The van der Waals surface area contributed by atoms with E-state index in [1.165, 1.54) is 11.3 Å². The van der Waals surface area contributed by atoms with Gasteiger partial charge in [-0.15, -0.1) is 11.3 Å². The van der Waals surface area contributed by atoms with Crippen LogP contribution in [0.2, 0.25) is 4.34 Å². The van der Waals surface area contributed by atoms with Crippen LogP contribution in [0.25, 0.3) is 16.2 Å². The van der Waals surface area contributed by atoms with Gasteiger partial charge in [-0.2, -0.15) is 4.98 Å². The minimum atomic E-state index is 0.284. The van der Waals surface area contributed by atoms with Gasteiger partial charge in [0, 0.05) is 18.9 Å². The van der Waals surface area contributed by atoms with E-state index in [9.17, 15) is 0 Å². The summed E-state index contributed by atoms with van der Waals surface area (Å²) < 4.78 is 13.2. The lowest BCUT2D eigenvalue weighted by atomic mass is 10.1. The molecule has 0 unspecified atom stereocenters. The van der Waals surface area contributed by atoms with Gasteiger partial charge in [-0.05, 0) is 30.2 Å². The molecule has 0 amide bonds. The van der Waals surface area contributed by atoms with Crippen LogP contribution in [-0.2, 0) is 6.42 Å². The Bertz CT molecular complexity index is 1110. The molecular weight excluding hydrogens is 386 g/mol. The number of rotatable bonds is 5. The van der Waals surface area contributed by atoms with Gasteiger partial charge in [0.15, 0.2) is 11.5 Å². The zero-order chi connectivity index (χ0) is 18.2. The molecular formula is C18H14ClN5O2S. The maximum atomic E-state index is 6.19. The molecule has 1 N–H and O–H groups in total. The Balaban J connectivity index is 1.39. The van der Waals surface area contributed by atoms with Crippen LogP contribution in [0, 0.1) is 0 Å². The first kappa shape index (κ1) is 16.3. The van der Waals surface area contributed by atoms with E-state index in [0.29, 0.717) is 16.8 Å². The zero-order valence-corrected chi connectivity index (χ0v) is 15.6. The van der Waals surface area contributed by atoms with E-state index in [-0.39, 0.29) is 6.79 Å². The van der Waals surface area contributed by atoms with Crippen molar-refractivity contribution in [1.29, 1.82) is 0 Å². The van der Waals surface area contributed by atoms with E-state index in [1.807, 2.05) is 30.5 Å². The van der Waals surface area contributed by atoms with Crippen LogP contribution < -0.4 is 14.8 Å². The average Bonchev–Trinajstić information content (AvgIpc) is 3.41. The molecule has 27 heavy (non-hydrogen) atoms. The van der Waals surface area contributed by atoms with Crippen molar-refractivity contribution in [2.24, 2.45) is 0 Å². The Hall–Kier alpha value is -2.84. The van der Waals surface area contributed by atoms with Crippen LogP contribution in [0.3, 0.4) is 0 Å². The van der Waals surface area contributed by atoms with E-state index in [0.717, 1.165) is 39.5 Å². The molecule has 3 aromatic heterocycles. The SMILES string of the molecule is Clc1cc2c(NCCc3ccc4c(c3)OCO4)nc(-n3ccnc3)nc2s1. The topological polar surface area (TPSA) is 74.1 Å². The number of hydrogen-bond donors (Lipinski definition) is 1. The summed E-state index contributed by atoms with van der Waals surface area (Å²) in [6.07, 6.45) is 6.00. The van der Waals surface area contributed by atoms with Crippen molar-refractivity contribution in [3.8, 4) is 17.4 Å². The number of aromatic nitrogens is 4. The third-order valence-electron chi connectivity index (χ3n) is 4.23. The lowest BCUT2D eigenvalue weighted by Gasteiger charge is -2.09. The molecule has 1 aliphatic rings. The predicted octanol–water partition coefficient (Wildman–Crippen LogP) is 3.91. The Morgan fingerprint density at radius 3 is 3.00 bits per heavy atom. The van der Waals surface area contributed by atoms with Gasteiger partial charge >= 0.3 is 0 Å². The fourth-order valence-corrected chi connectivity index (χ4v) is 4.01. The van der Waals surface area contributed by atoms with Crippen LogP contribution in [0.4, 0.5) is 5.82 Å². The van der Waals surface area contributed by atoms with Gasteiger partial charge in [-0.25, -0.2) is 9.97 Å². The highest BCUT2D eigenvalue weighted by atomic mass is 35.5. The Morgan fingerprint density at radius 1 is 1.19 bits per heavy atom. The molecule has 0 atom stereocenters. The van der Waals surface area contributed by atoms with Crippen molar-refractivity contribution in [2.45, 2.75) is 6.42 Å². The second kappa shape index (κ2) is 6.71. The standard InChI is InChI=1S/C18H14ClN5O2S/c19-15-8-12-16(22-18(23-17(12)27-15)24-6-5-20-9-24)21-4-3-11-1-2-13-14(7-11)26-10-25-13/h1-2,5-9H,3-4,10H2,(H,21,22,23). The van der Waals surface area contributed by atoms with Crippen molar-refractivity contribution in [1.82, 2.24) is 19.5 Å². The second-order valence-corrected chi connectivity index (χ2v) is 7.64. The summed E-state index contributed by atoms with van der Waals surface area (Å²) >= 11 is 7.63. The highest BCUT2D eigenvalue weighted by Crippen LogP contribution is 2.34. The summed E-state index contributed by atoms with van der Waals surface area (Å²) in [5, 5.41) is 4.33. The highest BCUT2D eigenvalue weighted by molar-refractivity contribution is 7.22. The van der Waals surface area contributed by atoms with Gasteiger partial charge in [0.2, 0.25) is 12.7 Å². The van der Waals surface area contributed by atoms with E-state index in [1.54, 1.807) is 17.1 Å². The summed E-state index contributed by atoms with van der Waals surface area (Å²) in [7, 11) is 0. The minimum absolute atomic E-state index is 0.284. The first-order chi connectivity index (χ1) is 13.3. The maximum absolute atomic E-state index is 6.19. The number of fused-ring (bicyclic) bond motifs is 2. The molecule has 0 bridgehead atoms. The van der Waals surface area contributed by atoms with Crippen molar-refractivity contribution in [3.63, 3.8) is 0 Å². The van der Waals surface area contributed by atoms with Gasteiger partial charge in [0.25, 0.3) is 0 Å². The molecule has 0 radical (unpaired) electrons. The maximum Gasteiger partial charge on any atom is 0.238 e. The first-order valence-corrected chi connectivity index (χ1v) is 9.53. The van der Waals surface area contributed by atoms with Gasteiger partial charge in [0.1, 0.15) is 17.0 Å². The molecule has 0 spiro atoms. The van der Waals surface area contributed by atoms with Crippen LogP contribution in [0.1, 0.15) is 5.56 Å².